The second-order valence-electron chi connectivity index (χ2n) is 4.51. The molecule has 0 saturated carbocycles. The molecule has 19 heavy (non-hydrogen) atoms. The van der Waals surface area contributed by atoms with E-state index < -0.39 is 0 Å². The molecule has 1 atom stereocenters. The highest BCUT2D eigenvalue weighted by Crippen LogP contribution is 2.38. The summed E-state index contributed by atoms with van der Waals surface area (Å²) in [5.41, 5.74) is 1.54. The lowest BCUT2D eigenvalue weighted by molar-refractivity contribution is -0.124. The van der Waals surface area contributed by atoms with Gasteiger partial charge in [-0.05, 0) is 42.0 Å². The molecule has 0 radical (unpaired) electrons. The second-order valence-corrected chi connectivity index (χ2v) is 4.51. The van der Waals surface area contributed by atoms with Gasteiger partial charge in [0.1, 0.15) is 11.6 Å². The third-order valence-corrected chi connectivity index (χ3v) is 3.31. The fourth-order valence-electron chi connectivity index (χ4n) is 2.29. The summed E-state index contributed by atoms with van der Waals surface area (Å²) in [7, 11) is 0. The van der Waals surface area contributed by atoms with Crippen LogP contribution in [0.2, 0.25) is 0 Å². The van der Waals surface area contributed by atoms with E-state index in [1.54, 1.807) is 29.2 Å². The monoisotopic (exact) mass is 259 g/mol. The number of rotatable bonds is 2. The van der Waals surface area contributed by atoms with Crippen LogP contribution in [0.4, 0.5) is 14.5 Å². The van der Waals surface area contributed by atoms with Gasteiger partial charge in [0, 0.05) is 5.69 Å². The Morgan fingerprint density at radius 2 is 1.42 bits per heavy atom. The Labute approximate surface area is 109 Å². The zero-order chi connectivity index (χ0) is 13.4. The fraction of sp³-hybridized carbons (Fsp3) is 0.133. The summed E-state index contributed by atoms with van der Waals surface area (Å²) in [6, 6.07) is 11.8. The number of benzene rings is 2. The third-order valence-electron chi connectivity index (χ3n) is 3.31. The first-order valence-corrected chi connectivity index (χ1v) is 5.98. The second kappa shape index (κ2) is 4.46. The summed E-state index contributed by atoms with van der Waals surface area (Å²) < 4.78 is 25.8. The van der Waals surface area contributed by atoms with Crippen molar-refractivity contribution in [3.8, 4) is 0 Å². The highest BCUT2D eigenvalue weighted by molar-refractivity contribution is 6.01. The van der Waals surface area contributed by atoms with Crippen molar-refractivity contribution in [2.75, 3.05) is 4.90 Å². The number of carbonyl (C=O) groups excluding carboxylic acids is 1. The molecule has 0 spiro atoms. The van der Waals surface area contributed by atoms with Crippen LogP contribution in [0.1, 0.15) is 18.0 Å². The number of anilines is 1. The van der Waals surface area contributed by atoms with Crippen LogP contribution in [-0.2, 0) is 4.79 Å². The molecule has 1 aliphatic heterocycles. The smallest absolute Gasteiger partial charge is 0.230 e. The van der Waals surface area contributed by atoms with Crippen molar-refractivity contribution in [1.29, 1.82) is 0 Å². The summed E-state index contributed by atoms with van der Waals surface area (Å²) >= 11 is 0. The van der Waals surface area contributed by atoms with E-state index in [1.807, 2.05) is 0 Å². The van der Waals surface area contributed by atoms with Gasteiger partial charge in [-0.15, -0.1) is 0 Å². The molecule has 2 aromatic rings. The van der Waals surface area contributed by atoms with Crippen LogP contribution in [0.5, 0.6) is 0 Å². The maximum Gasteiger partial charge on any atom is 0.230 e. The molecule has 2 nitrogen and oxygen atoms in total. The number of halogens is 2. The summed E-state index contributed by atoms with van der Waals surface area (Å²) in [6.07, 6.45) is 0.392. The van der Waals surface area contributed by atoms with E-state index in [0.29, 0.717) is 12.1 Å². The van der Waals surface area contributed by atoms with Crippen molar-refractivity contribution in [1.82, 2.24) is 0 Å². The molecule has 1 aliphatic rings. The van der Waals surface area contributed by atoms with E-state index in [1.165, 1.54) is 24.3 Å². The Morgan fingerprint density at radius 3 is 1.95 bits per heavy atom. The fourth-order valence-corrected chi connectivity index (χ4v) is 2.29. The molecule has 1 saturated heterocycles. The van der Waals surface area contributed by atoms with Gasteiger partial charge in [-0.1, -0.05) is 12.1 Å². The van der Waals surface area contributed by atoms with Crippen molar-refractivity contribution in [2.45, 2.75) is 12.5 Å². The number of nitrogens with zero attached hydrogens (tertiary/aromatic N) is 1. The Morgan fingerprint density at radius 1 is 0.895 bits per heavy atom. The molecule has 2 aromatic carbocycles. The molecule has 1 unspecified atom stereocenters. The van der Waals surface area contributed by atoms with Gasteiger partial charge in [-0.3, -0.25) is 4.79 Å². The highest BCUT2D eigenvalue weighted by atomic mass is 19.1. The van der Waals surface area contributed by atoms with E-state index in [2.05, 4.69) is 0 Å². The van der Waals surface area contributed by atoms with E-state index in [9.17, 15) is 13.6 Å². The third kappa shape index (κ3) is 2.10. The van der Waals surface area contributed by atoms with Gasteiger partial charge in [-0.25, -0.2) is 8.78 Å². The first-order valence-electron chi connectivity index (χ1n) is 5.98. The van der Waals surface area contributed by atoms with Crippen molar-refractivity contribution in [3.63, 3.8) is 0 Å². The quantitative estimate of drug-likeness (QED) is 0.756. The molecule has 1 fully saturated rings. The van der Waals surface area contributed by atoms with Crippen LogP contribution < -0.4 is 4.90 Å². The Bertz CT molecular complexity index is 607. The van der Waals surface area contributed by atoms with Gasteiger partial charge >= 0.3 is 0 Å². The molecule has 0 aromatic heterocycles. The summed E-state index contributed by atoms with van der Waals surface area (Å²) in [5.74, 6) is -0.654. The van der Waals surface area contributed by atoms with E-state index >= 15 is 0 Å². The molecule has 0 aliphatic carbocycles. The van der Waals surface area contributed by atoms with Gasteiger partial charge < -0.3 is 4.90 Å². The highest BCUT2D eigenvalue weighted by Gasteiger charge is 2.38. The van der Waals surface area contributed by atoms with Crippen LogP contribution in [0, 0.1) is 11.6 Å². The van der Waals surface area contributed by atoms with Crippen molar-refractivity contribution >= 4 is 11.6 Å². The van der Waals surface area contributed by atoms with Crippen LogP contribution >= 0.6 is 0 Å². The molecular weight excluding hydrogens is 248 g/mol. The molecular formula is C15H11F2NO. The Balaban J connectivity index is 1.90. The van der Waals surface area contributed by atoms with Crippen LogP contribution in [0.3, 0.4) is 0 Å². The van der Waals surface area contributed by atoms with Gasteiger partial charge in [0.15, 0.2) is 0 Å². The summed E-state index contributed by atoms with van der Waals surface area (Å²) in [6.45, 7) is 0. The summed E-state index contributed by atoms with van der Waals surface area (Å²) in [5, 5.41) is 0. The van der Waals surface area contributed by atoms with Gasteiger partial charge in [-0.2, -0.15) is 0 Å². The predicted octanol–water partition coefficient (Wildman–Crippen LogP) is 3.44. The maximum atomic E-state index is 12.9. The molecule has 0 bridgehead atoms. The zero-order valence-electron chi connectivity index (χ0n) is 10.0. The Kier molecular flexibility index (Phi) is 2.78. The van der Waals surface area contributed by atoms with Crippen LogP contribution in [0.25, 0.3) is 0 Å². The van der Waals surface area contributed by atoms with E-state index in [0.717, 1.165) is 5.56 Å². The maximum absolute atomic E-state index is 12.9. The predicted molar refractivity (Wildman–Crippen MR) is 67.6 cm³/mol. The SMILES string of the molecule is O=C1CC(c2ccc(F)cc2)N1c1ccc(F)cc1. The molecule has 1 heterocycles. The topological polar surface area (TPSA) is 20.3 Å². The lowest BCUT2D eigenvalue weighted by Gasteiger charge is -2.40. The number of amides is 1. The molecule has 96 valence electrons. The van der Waals surface area contributed by atoms with Gasteiger partial charge in [0.25, 0.3) is 0 Å². The molecule has 1 amide bonds. The standard InChI is InChI=1S/C15H11F2NO/c16-11-3-1-10(2-4-11)14-9-15(19)18(14)13-7-5-12(17)6-8-13/h1-8,14H,9H2. The number of carbonyl (C=O) groups is 1. The molecule has 0 N–H and O–H groups in total. The minimum absolute atomic E-state index is 0.0130. The van der Waals surface area contributed by atoms with Crippen molar-refractivity contribution < 1.29 is 13.6 Å². The molecule has 3 rings (SSSR count). The van der Waals surface area contributed by atoms with Gasteiger partial charge in [0.05, 0.1) is 12.5 Å². The summed E-state index contributed by atoms with van der Waals surface area (Å²) in [4.78, 5) is 13.3. The minimum Gasteiger partial charge on any atom is -0.304 e. The average molecular weight is 259 g/mol. The largest absolute Gasteiger partial charge is 0.304 e. The van der Waals surface area contributed by atoms with E-state index in [-0.39, 0.29) is 23.6 Å². The normalized spacial score (nSPS) is 18.3. The first kappa shape index (κ1) is 11.8. The van der Waals surface area contributed by atoms with Crippen molar-refractivity contribution in [3.05, 3.63) is 65.7 Å². The number of β-lactam (4-membered cyclic amide) rings is 1. The lowest BCUT2D eigenvalue weighted by Crippen LogP contribution is -2.46. The lowest BCUT2D eigenvalue weighted by atomic mass is 9.93. The average Bonchev–Trinajstić information content (AvgIpc) is 2.40. The number of hydrogen-bond donors (Lipinski definition) is 0. The molecule has 4 heteroatoms. The minimum atomic E-state index is -0.338. The van der Waals surface area contributed by atoms with Crippen LogP contribution in [-0.4, -0.2) is 5.91 Å². The van der Waals surface area contributed by atoms with E-state index in [4.69, 9.17) is 0 Å². The number of hydrogen-bond acceptors (Lipinski definition) is 1. The van der Waals surface area contributed by atoms with Gasteiger partial charge in [0.2, 0.25) is 5.91 Å². The first-order chi connectivity index (χ1) is 9.15. The zero-order valence-corrected chi connectivity index (χ0v) is 10.0. The van der Waals surface area contributed by atoms with Crippen LogP contribution in [0.15, 0.2) is 48.5 Å². The Hall–Kier alpha value is -2.23. The van der Waals surface area contributed by atoms with Crippen molar-refractivity contribution in [2.24, 2.45) is 0 Å².